The molecule has 2 aliphatic carbocycles. The van der Waals surface area contributed by atoms with Crippen LogP contribution < -0.4 is 0 Å². The van der Waals surface area contributed by atoms with Gasteiger partial charge >= 0.3 is 0 Å². The third-order valence-electron chi connectivity index (χ3n) is 9.52. The minimum atomic E-state index is -1.00. The van der Waals surface area contributed by atoms with Gasteiger partial charge in [0.15, 0.2) is 11.5 Å². The molecule has 1 aromatic heterocycles. The highest BCUT2D eigenvalue weighted by Crippen LogP contribution is 2.55. The molecule has 0 unspecified atom stereocenters. The summed E-state index contributed by atoms with van der Waals surface area (Å²) in [6.07, 6.45) is 15.5. The van der Waals surface area contributed by atoms with Gasteiger partial charge in [0.05, 0.1) is 5.56 Å². The molecule has 0 saturated carbocycles. The zero-order valence-electron chi connectivity index (χ0n) is 26.4. The van der Waals surface area contributed by atoms with E-state index in [1.165, 1.54) is 5.56 Å². The number of aryl methyl sites for hydroxylation is 1. The summed E-state index contributed by atoms with van der Waals surface area (Å²) in [5.41, 5.74) is 10.7. The molecule has 0 bridgehead atoms. The van der Waals surface area contributed by atoms with Crippen LogP contribution >= 0.6 is 0 Å². The fourth-order valence-corrected chi connectivity index (χ4v) is 7.05. The standard InChI is InChI=1S/C43H32O6/c1-24(27-13-9-14-28(22-27)37-38(44)40(46)42(48)41(47)39(37)45)30-15-7-8-17-33(30)36(26-11-3-2-4-12-26)29-19-20-32-34-21-18-25-10-5-6-16-31(25)43(34)49-35(32)23-29/h2-4,6-9,11,13-23,44-48H,1,5,10,12H2/b36-26-. The zero-order chi connectivity index (χ0) is 33.8. The van der Waals surface area contributed by atoms with Gasteiger partial charge in [0.2, 0.25) is 17.2 Å². The van der Waals surface area contributed by atoms with Crippen molar-refractivity contribution in [3.8, 4) is 39.9 Å². The smallest absolute Gasteiger partial charge is 0.208 e. The lowest BCUT2D eigenvalue weighted by atomic mass is 9.84. The van der Waals surface area contributed by atoms with Crippen LogP contribution in [-0.4, -0.2) is 25.5 Å². The first-order valence-electron chi connectivity index (χ1n) is 16.1. The molecule has 6 heteroatoms. The van der Waals surface area contributed by atoms with Crippen LogP contribution in [0.15, 0.2) is 126 Å². The van der Waals surface area contributed by atoms with Crippen molar-refractivity contribution in [1.82, 2.24) is 0 Å². The molecule has 49 heavy (non-hydrogen) atoms. The fourth-order valence-electron chi connectivity index (χ4n) is 7.05. The second kappa shape index (κ2) is 11.7. The number of hydrogen-bond acceptors (Lipinski definition) is 6. The second-order valence-corrected chi connectivity index (χ2v) is 12.4. The minimum absolute atomic E-state index is 0.214. The molecule has 5 aromatic carbocycles. The summed E-state index contributed by atoms with van der Waals surface area (Å²) in [5.74, 6) is -4.36. The van der Waals surface area contributed by atoms with E-state index >= 15 is 0 Å². The summed E-state index contributed by atoms with van der Waals surface area (Å²) in [6, 6.07) is 25.8. The summed E-state index contributed by atoms with van der Waals surface area (Å²) in [6.45, 7) is 4.48. The molecule has 1 heterocycles. The first-order valence-corrected chi connectivity index (χ1v) is 16.1. The van der Waals surface area contributed by atoms with Crippen molar-refractivity contribution < 1.29 is 29.9 Å². The number of fused-ring (bicyclic) bond motifs is 5. The number of phenolic OH excluding ortho intramolecular Hbond substituents is 5. The Balaban J connectivity index is 1.27. The lowest BCUT2D eigenvalue weighted by Crippen LogP contribution is -2.00. The number of rotatable bonds is 5. The Labute approximate surface area is 282 Å². The molecule has 6 nitrogen and oxygen atoms in total. The first-order chi connectivity index (χ1) is 23.8. The van der Waals surface area contributed by atoms with E-state index in [0.717, 1.165) is 74.6 Å². The highest BCUT2D eigenvalue weighted by molar-refractivity contribution is 6.09. The van der Waals surface area contributed by atoms with E-state index in [4.69, 9.17) is 4.42 Å². The molecule has 6 aromatic rings. The van der Waals surface area contributed by atoms with Crippen LogP contribution in [-0.2, 0) is 6.42 Å². The van der Waals surface area contributed by atoms with Crippen molar-refractivity contribution in [2.45, 2.75) is 19.3 Å². The Morgan fingerprint density at radius 3 is 2.18 bits per heavy atom. The van der Waals surface area contributed by atoms with Crippen LogP contribution in [0.25, 0.3) is 50.3 Å². The van der Waals surface area contributed by atoms with Gasteiger partial charge < -0.3 is 29.9 Å². The topological polar surface area (TPSA) is 114 Å². The Hall–Kier alpha value is -6.40. The van der Waals surface area contributed by atoms with Gasteiger partial charge in [0.1, 0.15) is 11.2 Å². The lowest BCUT2D eigenvalue weighted by Gasteiger charge is -2.20. The maximum absolute atomic E-state index is 10.6. The van der Waals surface area contributed by atoms with Crippen molar-refractivity contribution in [1.29, 1.82) is 0 Å². The average Bonchev–Trinajstić information content (AvgIpc) is 3.52. The molecular weight excluding hydrogens is 612 g/mol. The highest BCUT2D eigenvalue weighted by atomic mass is 16.4. The Morgan fingerprint density at radius 1 is 0.653 bits per heavy atom. The molecular formula is C43H32O6. The summed E-state index contributed by atoms with van der Waals surface area (Å²) >= 11 is 0. The van der Waals surface area contributed by atoms with Crippen LogP contribution in [0.3, 0.4) is 0 Å². The van der Waals surface area contributed by atoms with Gasteiger partial charge in [-0.15, -0.1) is 0 Å². The average molecular weight is 645 g/mol. The van der Waals surface area contributed by atoms with Crippen LogP contribution in [0.2, 0.25) is 0 Å². The number of allylic oxidation sites excluding steroid dienone is 6. The van der Waals surface area contributed by atoms with Crippen molar-refractivity contribution >= 4 is 39.2 Å². The van der Waals surface area contributed by atoms with Gasteiger partial charge in [-0.3, -0.25) is 0 Å². The predicted molar refractivity (Wildman–Crippen MR) is 195 cm³/mol. The first kappa shape index (κ1) is 30.0. The molecule has 0 radical (unpaired) electrons. The summed E-state index contributed by atoms with van der Waals surface area (Å²) in [5, 5.41) is 53.7. The second-order valence-electron chi connectivity index (χ2n) is 12.4. The Morgan fingerprint density at radius 2 is 1.41 bits per heavy atom. The molecule has 5 N–H and O–H groups in total. The summed E-state index contributed by atoms with van der Waals surface area (Å²) in [7, 11) is 0. The molecule has 2 aliphatic rings. The van der Waals surface area contributed by atoms with Gasteiger partial charge in [-0.2, -0.15) is 0 Å². The molecule has 0 saturated heterocycles. The van der Waals surface area contributed by atoms with Crippen LogP contribution in [0.5, 0.6) is 28.7 Å². The molecule has 0 atom stereocenters. The van der Waals surface area contributed by atoms with Gasteiger partial charge in [-0.05, 0) is 87.6 Å². The highest BCUT2D eigenvalue weighted by Gasteiger charge is 2.25. The Kier molecular flexibility index (Phi) is 7.15. The third-order valence-corrected chi connectivity index (χ3v) is 9.52. The minimum Gasteiger partial charge on any atom is -0.504 e. The maximum Gasteiger partial charge on any atom is 0.208 e. The number of phenols is 5. The van der Waals surface area contributed by atoms with E-state index < -0.39 is 28.7 Å². The van der Waals surface area contributed by atoms with Gasteiger partial charge in [-0.1, -0.05) is 104 Å². The van der Waals surface area contributed by atoms with Crippen LogP contribution in [0.1, 0.15) is 46.2 Å². The SMILES string of the molecule is C=C(c1cccc(-c2c(O)c(O)c(O)c(O)c2O)c1)c1ccccc1/C(=C1/C=CC=CC1)c1ccc2c(c1)oc1c3c(ccc12)CCC=C3. The normalized spacial score (nSPS) is 14.8. The number of benzene rings is 5. The molecule has 240 valence electrons. The summed E-state index contributed by atoms with van der Waals surface area (Å²) < 4.78 is 6.60. The van der Waals surface area contributed by atoms with E-state index in [9.17, 15) is 25.5 Å². The molecule has 0 amide bonds. The third kappa shape index (κ3) is 4.88. The fraction of sp³-hybridized carbons (Fsp3) is 0.0698. The predicted octanol–water partition coefficient (Wildman–Crippen LogP) is 10.1. The maximum atomic E-state index is 10.6. The van der Waals surface area contributed by atoms with E-state index in [-0.39, 0.29) is 5.56 Å². The largest absolute Gasteiger partial charge is 0.504 e. The van der Waals surface area contributed by atoms with E-state index in [1.54, 1.807) is 18.2 Å². The zero-order valence-corrected chi connectivity index (χ0v) is 26.4. The van der Waals surface area contributed by atoms with E-state index in [0.29, 0.717) is 16.7 Å². The summed E-state index contributed by atoms with van der Waals surface area (Å²) in [4.78, 5) is 0. The number of hydrogen-bond donors (Lipinski definition) is 5. The molecule has 8 rings (SSSR count). The van der Waals surface area contributed by atoms with Crippen molar-refractivity contribution in [3.63, 3.8) is 0 Å². The van der Waals surface area contributed by atoms with Gasteiger partial charge in [0.25, 0.3) is 0 Å². The quantitative estimate of drug-likeness (QED) is 0.0943. The molecule has 0 fully saturated rings. The number of furan rings is 1. The molecule has 0 spiro atoms. The Bertz CT molecular complexity index is 2460. The molecule has 0 aliphatic heterocycles. The van der Waals surface area contributed by atoms with Crippen LogP contribution in [0, 0.1) is 0 Å². The van der Waals surface area contributed by atoms with E-state index in [1.807, 2.05) is 36.4 Å². The van der Waals surface area contributed by atoms with Gasteiger partial charge in [0, 0.05) is 16.3 Å². The number of aromatic hydroxyl groups is 5. The van der Waals surface area contributed by atoms with Crippen LogP contribution in [0.4, 0.5) is 0 Å². The van der Waals surface area contributed by atoms with E-state index in [2.05, 4.69) is 67.3 Å². The van der Waals surface area contributed by atoms with Gasteiger partial charge in [-0.25, -0.2) is 0 Å². The van der Waals surface area contributed by atoms with Crippen molar-refractivity contribution in [2.24, 2.45) is 0 Å². The lowest BCUT2D eigenvalue weighted by molar-refractivity contribution is 0.330. The van der Waals surface area contributed by atoms with Crippen molar-refractivity contribution in [2.75, 3.05) is 0 Å². The monoisotopic (exact) mass is 644 g/mol. The van der Waals surface area contributed by atoms with Crippen molar-refractivity contribution in [3.05, 3.63) is 155 Å².